The van der Waals surface area contributed by atoms with Gasteiger partial charge in [0.2, 0.25) is 11.8 Å². The first-order chi connectivity index (χ1) is 6.61. The van der Waals surface area contributed by atoms with Crippen molar-refractivity contribution in [3.63, 3.8) is 0 Å². The Hall–Kier alpha value is -1.06. The van der Waals surface area contributed by atoms with Crippen LogP contribution >= 0.6 is 0 Å². The molecule has 0 aromatic heterocycles. The summed E-state index contributed by atoms with van der Waals surface area (Å²) in [7, 11) is 0. The van der Waals surface area contributed by atoms with Gasteiger partial charge in [0.1, 0.15) is 0 Å². The van der Waals surface area contributed by atoms with Crippen LogP contribution in [0, 0.1) is 11.8 Å². The Bertz CT molecular complexity index is 296. The van der Waals surface area contributed by atoms with Gasteiger partial charge in [-0.1, -0.05) is 0 Å². The van der Waals surface area contributed by atoms with Crippen LogP contribution in [-0.4, -0.2) is 46.8 Å². The summed E-state index contributed by atoms with van der Waals surface area (Å²) in [6.07, 6.45) is 0. The summed E-state index contributed by atoms with van der Waals surface area (Å²) in [6.45, 7) is 5.07. The number of hydrogen-bond donors (Lipinski definition) is 0. The Morgan fingerprint density at radius 2 is 1.29 bits per heavy atom. The van der Waals surface area contributed by atoms with Crippen molar-refractivity contribution >= 4 is 11.8 Å². The first-order valence-corrected chi connectivity index (χ1v) is 5.15. The number of carbonyl (C=O) groups excluding carboxylic acids is 2. The molecular formula is C10H14N2O2. The lowest BCUT2D eigenvalue weighted by molar-refractivity contribution is -0.233. The predicted octanol–water partition coefficient (Wildman–Crippen LogP) is -0.306. The maximum atomic E-state index is 11.2. The molecule has 4 nitrogen and oxygen atoms in total. The average molecular weight is 194 g/mol. The molecule has 1 aliphatic carbocycles. The van der Waals surface area contributed by atoms with Crippen molar-refractivity contribution < 1.29 is 9.59 Å². The van der Waals surface area contributed by atoms with Gasteiger partial charge in [0.05, 0.1) is 12.1 Å². The molecule has 76 valence electrons. The van der Waals surface area contributed by atoms with E-state index in [-0.39, 0.29) is 11.8 Å². The van der Waals surface area contributed by atoms with Gasteiger partial charge in [0.25, 0.3) is 0 Å². The number of amides is 2. The van der Waals surface area contributed by atoms with Crippen LogP contribution in [0.3, 0.4) is 0 Å². The summed E-state index contributed by atoms with van der Waals surface area (Å²) in [4.78, 5) is 26.2. The molecule has 2 amide bonds. The third-order valence-electron chi connectivity index (χ3n) is 4.12. The number of carbonyl (C=O) groups is 2. The maximum absolute atomic E-state index is 11.2. The highest BCUT2D eigenvalue weighted by molar-refractivity contribution is 5.78. The van der Waals surface area contributed by atoms with E-state index in [0.717, 1.165) is 13.1 Å². The van der Waals surface area contributed by atoms with Crippen molar-refractivity contribution in [2.24, 2.45) is 11.8 Å². The van der Waals surface area contributed by atoms with Gasteiger partial charge in [-0.25, -0.2) is 0 Å². The highest BCUT2D eigenvalue weighted by Crippen LogP contribution is 2.54. The molecule has 3 fully saturated rings. The first kappa shape index (κ1) is 8.26. The molecule has 3 rings (SSSR count). The monoisotopic (exact) mass is 194 g/mol. The van der Waals surface area contributed by atoms with Crippen LogP contribution in [-0.2, 0) is 9.59 Å². The lowest BCUT2D eigenvalue weighted by atomic mass is 9.53. The van der Waals surface area contributed by atoms with Crippen LogP contribution in [0.4, 0.5) is 0 Å². The molecule has 0 bridgehead atoms. The lowest BCUT2D eigenvalue weighted by Crippen LogP contribution is -2.86. The van der Waals surface area contributed by atoms with Gasteiger partial charge in [0, 0.05) is 38.8 Å². The Kier molecular flexibility index (Phi) is 1.36. The third-order valence-corrected chi connectivity index (χ3v) is 4.12. The number of fused-ring (bicyclic) bond motifs is 4. The van der Waals surface area contributed by atoms with Crippen LogP contribution in [0.5, 0.6) is 0 Å². The number of rotatable bonds is 0. The molecular weight excluding hydrogens is 180 g/mol. The second kappa shape index (κ2) is 2.30. The van der Waals surface area contributed by atoms with Crippen LogP contribution in [0.15, 0.2) is 0 Å². The number of nitrogens with zero attached hydrogens (tertiary/aromatic N) is 2. The summed E-state index contributed by atoms with van der Waals surface area (Å²) >= 11 is 0. The van der Waals surface area contributed by atoms with E-state index < -0.39 is 0 Å². The van der Waals surface area contributed by atoms with Gasteiger partial charge in [-0.15, -0.1) is 0 Å². The zero-order valence-corrected chi connectivity index (χ0v) is 8.43. The molecule has 2 heterocycles. The standard InChI is InChI=1S/C10H14N2O2/c1-5(13)11-3-7-8-4-12(6(2)14)10(8)9(7)11/h7-10H,3-4H2,1-2H3/t7-,8-,9-,10-/m0/s1. The zero-order valence-electron chi connectivity index (χ0n) is 8.43. The molecule has 1 saturated carbocycles. The van der Waals surface area contributed by atoms with E-state index >= 15 is 0 Å². The molecule has 4 heteroatoms. The van der Waals surface area contributed by atoms with Crippen molar-refractivity contribution in [3.8, 4) is 0 Å². The topological polar surface area (TPSA) is 40.6 Å². The zero-order chi connectivity index (χ0) is 10.0. The summed E-state index contributed by atoms with van der Waals surface area (Å²) < 4.78 is 0. The molecule has 0 unspecified atom stereocenters. The highest BCUT2D eigenvalue weighted by atomic mass is 16.2. The van der Waals surface area contributed by atoms with Gasteiger partial charge in [-0.05, 0) is 0 Å². The van der Waals surface area contributed by atoms with Crippen LogP contribution in [0.2, 0.25) is 0 Å². The Morgan fingerprint density at radius 3 is 1.57 bits per heavy atom. The van der Waals surface area contributed by atoms with Crippen LogP contribution in [0.25, 0.3) is 0 Å². The third kappa shape index (κ3) is 0.713. The van der Waals surface area contributed by atoms with E-state index in [1.807, 2.05) is 9.80 Å². The van der Waals surface area contributed by atoms with Crippen LogP contribution < -0.4 is 0 Å². The summed E-state index contributed by atoms with van der Waals surface area (Å²) in [5, 5.41) is 0. The van der Waals surface area contributed by atoms with Gasteiger partial charge < -0.3 is 9.80 Å². The number of hydrogen-bond acceptors (Lipinski definition) is 2. The highest BCUT2D eigenvalue weighted by Gasteiger charge is 2.68. The fourth-order valence-electron chi connectivity index (χ4n) is 3.28. The molecule has 2 saturated heterocycles. The van der Waals surface area contributed by atoms with E-state index in [2.05, 4.69) is 0 Å². The maximum Gasteiger partial charge on any atom is 0.219 e. The molecule has 4 atom stereocenters. The van der Waals surface area contributed by atoms with E-state index in [1.54, 1.807) is 13.8 Å². The minimum Gasteiger partial charge on any atom is -0.337 e. The Labute approximate surface area is 82.8 Å². The molecule has 0 spiro atoms. The minimum absolute atomic E-state index is 0.153. The van der Waals surface area contributed by atoms with Gasteiger partial charge in [-0.3, -0.25) is 9.59 Å². The van der Waals surface area contributed by atoms with Crippen molar-refractivity contribution in [2.75, 3.05) is 13.1 Å². The van der Waals surface area contributed by atoms with E-state index in [9.17, 15) is 9.59 Å². The fourth-order valence-corrected chi connectivity index (χ4v) is 3.28. The SMILES string of the molecule is CC(=O)N1C[C@H]2[C@@H]3CN(C(C)=O)[C@@H]3[C@H]21. The quantitative estimate of drug-likeness (QED) is 0.531. The van der Waals surface area contributed by atoms with Gasteiger partial charge >= 0.3 is 0 Å². The average Bonchev–Trinajstić information content (AvgIpc) is 2.03. The second-order valence-corrected chi connectivity index (χ2v) is 4.65. The van der Waals surface area contributed by atoms with E-state index in [1.165, 1.54) is 0 Å². The van der Waals surface area contributed by atoms with E-state index in [0.29, 0.717) is 23.9 Å². The molecule has 3 aliphatic rings. The first-order valence-electron chi connectivity index (χ1n) is 5.15. The molecule has 0 aromatic carbocycles. The predicted molar refractivity (Wildman–Crippen MR) is 49.3 cm³/mol. The Morgan fingerprint density at radius 1 is 0.929 bits per heavy atom. The van der Waals surface area contributed by atoms with Crippen molar-refractivity contribution in [1.29, 1.82) is 0 Å². The number of piperidine rings is 2. The molecule has 2 aliphatic heterocycles. The minimum atomic E-state index is 0.153. The van der Waals surface area contributed by atoms with Crippen molar-refractivity contribution in [1.82, 2.24) is 9.80 Å². The largest absolute Gasteiger partial charge is 0.337 e. The van der Waals surface area contributed by atoms with Gasteiger partial charge in [0.15, 0.2) is 0 Å². The molecule has 0 radical (unpaired) electrons. The Balaban J connectivity index is 1.72. The fraction of sp³-hybridized carbons (Fsp3) is 0.800. The molecule has 0 aromatic rings. The summed E-state index contributed by atoms with van der Waals surface area (Å²) in [5.74, 6) is 1.69. The van der Waals surface area contributed by atoms with Crippen molar-refractivity contribution in [3.05, 3.63) is 0 Å². The normalized spacial score (nSPS) is 42.7. The van der Waals surface area contributed by atoms with Gasteiger partial charge in [-0.2, -0.15) is 0 Å². The summed E-state index contributed by atoms with van der Waals surface area (Å²) in [5.41, 5.74) is 0. The van der Waals surface area contributed by atoms with E-state index in [4.69, 9.17) is 0 Å². The number of likely N-dealkylation sites (tertiary alicyclic amines) is 2. The van der Waals surface area contributed by atoms with Crippen molar-refractivity contribution in [2.45, 2.75) is 25.9 Å². The smallest absolute Gasteiger partial charge is 0.219 e. The molecule has 14 heavy (non-hydrogen) atoms. The molecule has 0 N–H and O–H groups in total. The second-order valence-electron chi connectivity index (χ2n) is 4.65. The van der Waals surface area contributed by atoms with Crippen LogP contribution in [0.1, 0.15) is 13.8 Å². The summed E-state index contributed by atoms with van der Waals surface area (Å²) in [6, 6.07) is 0.713. The lowest BCUT2D eigenvalue weighted by Gasteiger charge is -2.73.